The zero-order valence-corrected chi connectivity index (χ0v) is 26.3. The highest BCUT2D eigenvalue weighted by atomic mass is 16.6. The van der Waals surface area contributed by atoms with Crippen LogP contribution >= 0.6 is 0 Å². The Labute approximate surface area is 253 Å². The molecule has 0 heterocycles. The molecule has 0 saturated heterocycles. The summed E-state index contributed by atoms with van der Waals surface area (Å²) in [5, 5.41) is 0. The number of esters is 2. The van der Waals surface area contributed by atoms with Gasteiger partial charge in [-0.2, -0.15) is 0 Å². The van der Waals surface area contributed by atoms with Crippen molar-refractivity contribution in [2.75, 3.05) is 119 Å². The van der Waals surface area contributed by atoms with Crippen LogP contribution < -0.4 is 0 Å². The van der Waals surface area contributed by atoms with Crippen molar-refractivity contribution < 1.29 is 57.0 Å². The van der Waals surface area contributed by atoms with Crippen LogP contribution in [0, 0.1) is 0 Å². The normalized spacial score (nSPS) is 11.2. The van der Waals surface area contributed by atoms with E-state index in [1.807, 2.05) is 6.92 Å². The molecule has 0 radical (unpaired) electrons. The van der Waals surface area contributed by atoms with Gasteiger partial charge in [-0.05, 0) is 12.8 Å². The molecule has 0 aromatic heterocycles. The average molecular weight is 611 g/mol. The van der Waals surface area contributed by atoms with Crippen LogP contribution in [0.3, 0.4) is 0 Å². The molecule has 12 nitrogen and oxygen atoms in total. The molecule has 42 heavy (non-hydrogen) atoms. The van der Waals surface area contributed by atoms with Crippen molar-refractivity contribution in [3.63, 3.8) is 0 Å². The lowest BCUT2D eigenvalue weighted by Crippen LogP contribution is -2.15. The van der Waals surface area contributed by atoms with Crippen LogP contribution in [0.2, 0.25) is 0 Å². The van der Waals surface area contributed by atoms with Crippen LogP contribution in [0.25, 0.3) is 0 Å². The summed E-state index contributed by atoms with van der Waals surface area (Å²) < 4.78 is 53.5. The largest absolute Gasteiger partial charge is 0.463 e. The van der Waals surface area contributed by atoms with E-state index in [-0.39, 0.29) is 25.2 Å². The van der Waals surface area contributed by atoms with Crippen molar-refractivity contribution in [1.29, 1.82) is 0 Å². The number of carbonyl (C=O) groups excluding carboxylic acids is 2. The Bertz CT molecular complexity index is 564. The van der Waals surface area contributed by atoms with Crippen molar-refractivity contribution in [3.8, 4) is 0 Å². The number of hydrogen-bond acceptors (Lipinski definition) is 12. The van der Waals surface area contributed by atoms with E-state index in [4.69, 9.17) is 47.4 Å². The summed E-state index contributed by atoms with van der Waals surface area (Å²) in [6.07, 6.45) is 7.29. The summed E-state index contributed by atoms with van der Waals surface area (Å²) in [7, 11) is 0. The van der Waals surface area contributed by atoms with Gasteiger partial charge in [0.1, 0.15) is 13.2 Å². The molecule has 0 aromatic rings. The molecule has 0 aliphatic carbocycles. The first-order chi connectivity index (χ1) is 20.7. The van der Waals surface area contributed by atoms with Gasteiger partial charge in [0.05, 0.1) is 106 Å². The molecule has 0 fully saturated rings. The van der Waals surface area contributed by atoms with Gasteiger partial charge in [0.15, 0.2) is 0 Å². The van der Waals surface area contributed by atoms with Gasteiger partial charge in [-0.25, -0.2) is 0 Å². The Morgan fingerprint density at radius 1 is 0.333 bits per heavy atom. The topological polar surface area (TPSA) is 126 Å². The third kappa shape index (κ3) is 34.8. The average Bonchev–Trinajstić information content (AvgIpc) is 2.98. The molecule has 0 amide bonds. The zero-order chi connectivity index (χ0) is 30.6. The van der Waals surface area contributed by atoms with Gasteiger partial charge < -0.3 is 47.4 Å². The van der Waals surface area contributed by atoms with Crippen molar-refractivity contribution in [2.24, 2.45) is 0 Å². The Kier molecular flexibility index (Phi) is 34.6. The molecule has 0 aliphatic rings. The number of rotatable bonds is 35. The third-order valence-electron chi connectivity index (χ3n) is 5.52. The minimum Gasteiger partial charge on any atom is -0.463 e. The Morgan fingerprint density at radius 2 is 0.619 bits per heavy atom. The number of carbonyl (C=O) groups is 2. The van der Waals surface area contributed by atoms with Crippen LogP contribution in [0.15, 0.2) is 0 Å². The first kappa shape index (κ1) is 40.6. The van der Waals surface area contributed by atoms with Crippen molar-refractivity contribution in [2.45, 2.75) is 65.2 Å². The summed E-state index contributed by atoms with van der Waals surface area (Å²) in [6.45, 7) is 12.1. The second kappa shape index (κ2) is 35.8. The van der Waals surface area contributed by atoms with Crippen molar-refractivity contribution in [3.05, 3.63) is 0 Å². The van der Waals surface area contributed by atoms with E-state index in [1.54, 1.807) is 0 Å². The van der Waals surface area contributed by atoms with E-state index < -0.39 is 0 Å². The standard InChI is InChI=1S/C30H58O12/c1-3-5-6-7-8-10-30(32)42-28-26-40-24-22-38-20-18-36-16-14-34-12-11-33-13-15-35-17-19-37-21-23-39-25-27-41-29(31)9-4-2/h3-28H2,1-2H3. The molecular formula is C30H58O12. The molecular weight excluding hydrogens is 552 g/mol. The lowest BCUT2D eigenvalue weighted by atomic mass is 10.1. The Balaban J connectivity index is 3.11. The van der Waals surface area contributed by atoms with E-state index in [0.717, 1.165) is 19.3 Å². The molecule has 0 saturated carbocycles. The van der Waals surface area contributed by atoms with Gasteiger partial charge >= 0.3 is 11.9 Å². The summed E-state index contributed by atoms with van der Waals surface area (Å²) in [5.41, 5.74) is 0. The summed E-state index contributed by atoms with van der Waals surface area (Å²) in [4.78, 5) is 22.8. The van der Waals surface area contributed by atoms with E-state index in [1.165, 1.54) is 19.3 Å². The molecule has 250 valence electrons. The lowest BCUT2D eigenvalue weighted by Gasteiger charge is -2.09. The van der Waals surface area contributed by atoms with Crippen LogP contribution in [0.5, 0.6) is 0 Å². The van der Waals surface area contributed by atoms with E-state index >= 15 is 0 Å². The molecule has 12 heteroatoms. The molecule has 0 rings (SSSR count). The maximum atomic E-state index is 11.6. The van der Waals surface area contributed by atoms with Crippen LogP contribution in [0.1, 0.15) is 65.2 Å². The number of hydrogen-bond donors (Lipinski definition) is 0. The number of unbranched alkanes of at least 4 members (excludes halogenated alkanes) is 4. The first-order valence-corrected chi connectivity index (χ1v) is 15.6. The van der Waals surface area contributed by atoms with Gasteiger partial charge in [-0.1, -0.05) is 39.5 Å². The SMILES string of the molecule is CCCCCCCC(=O)OCCOCCOCCOCCOCCOCCOCCOCCOCCOC(=O)CCC. The van der Waals surface area contributed by atoms with E-state index in [9.17, 15) is 9.59 Å². The minimum atomic E-state index is -0.189. The van der Waals surface area contributed by atoms with Gasteiger partial charge in [0.2, 0.25) is 0 Å². The highest BCUT2D eigenvalue weighted by molar-refractivity contribution is 5.69. The van der Waals surface area contributed by atoms with E-state index in [2.05, 4.69) is 6.92 Å². The second-order valence-electron chi connectivity index (χ2n) is 9.25. The van der Waals surface area contributed by atoms with Crippen molar-refractivity contribution in [1.82, 2.24) is 0 Å². The van der Waals surface area contributed by atoms with Crippen LogP contribution in [-0.4, -0.2) is 131 Å². The molecule has 0 atom stereocenters. The highest BCUT2D eigenvalue weighted by Crippen LogP contribution is 2.05. The van der Waals surface area contributed by atoms with Gasteiger partial charge in [-0.3, -0.25) is 9.59 Å². The van der Waals surface area contributed by atoms with Crippen molar-refractivity contribution >= 4 is 11.9 Å². The van der Waals surface area contributed by atoms with Gasteiger partial charge in [-0.15, -0.1) is 0 Å². The first-order valence-electron chi connectivity index (χ1n) is 15.6. The highest BCUT2D eigenvalue weighted by Gasteiger charge is 2.03. The molecule has 0 spiro atoms. The maximum Gasteiger partial charge on any atom is 0.305 e. The Hall–Kier alpha value is -1.38. The predicted molar refractivity (Wildman–Crippen MR) is 157 cm³/mol. The summed E-state index contributed by atoms with van der Waals surface area (Å²) >= 11 is 0. The monoisotopic (exact) mass is 610 g/mol. The smallest absolute Gasteiger partial charge is 0.305 e. The molecule has 0 bridgehead atoms. The Morgan fingerprint density at radius 3 is 0.929 bits per heavy atom. The fraction of sp³-hybridized carbons (Fsp3) is 0.933. The fourth-order valence-corrected chi connectivity index (χ4v) is 3.29. The third-order valence-corrected chi connectivity index (χ3v) is 5.52. The summed E-state index contributed by atoms with van der Waals surface area (Å²) in [6, 6.07) is 0. The molecule has 0 unspecified atom stereocenters. The van der Waals surface area contributed by atoms with Crippen LogP contribution in [-0.2, 0) is 57.0 Å². The second-order valence-corrected chi connectivity index (χ2v) is 9.25. The molecule has 0 aromatic carbocycles. The predicted octanol–water partition coefficient (Wildman–Crippen LogP) is 3.37. The minimum absolute atomic E-state index is 0.149. The molecule has 0 aliphatic heterocycles. The van der Waals surface area contributed by atoms with Gasteiger partial charge in [0.25, 0.3) is 0 Å². The maximum absolute atomic E-state index is 11.6. The van der Waals surface area contributed by atoms with E-state index in [0.29, 0.717) is 119 Å². The molecule has 0 N–H and O–H groups in total. The number of ether oxygens (including phenoxy) is 10. The lowest BCUT2D eigenvalue weighted by molar-refractivity contribution is -0.146. The summed E-state index contributed by atoms with van der Waals surface area (Å²) in [5.74, 6) is -0.339. The fourth-order valence-electron chi connectivity index (χ4n) is 3.29. The zero-order valence-electron chi connectivity index (χ0n) is 26.3. The van der Waals surface area contributed by atoms with Crippen LogP contribution in [0.4, 0.5) is 0 Å². The van der Waals surface area contributed by atoms with Gasteiger partial charge in [0, 0.05) is 12.8 Å². The quantitative estimate of drug-likeness (QED) is 0.0771.